The van der Waals surface area contributed by atoms with Crippen LogP contribution in [0, 0.1) is 0 Å². The molecule has 1 saturated heterocycles. The van der Waals surface area contributed by atoms with E-state index < -0.39 is 0 Å². The molecule has 1 amide bonds. The lowest BCUT2D eigenvalue weighted by Gasteiger charge is -2.36. The molecular formula is C22H29N3O2. The molecule has 5 nitrogen and oxygen atoms in total. The van der Waals surface area contributed by atoms with Crippen LogP contribution in [0.3, 0.4) is 0 Å². The number of aryl methyl sites for hydroxylation is 2. The van der Waals surface area contributed by atoms with Crippen molar-refractivity contribution in [3.8, 4) is 5.75 Å². The summed E-state index contributed by atoms with van der Waals surface area (Å²) in [6.45, 7) is 7.84. The predicted molar refractivity (Wildman–Crippen MR) is 111 cm³/mol. The number of piperazine rings is 1. The summed E-state index contributed by atoms with van der Waals surface area (Å²) in [5.74, 6) is 0.355. The molecule has 5 heteroatoms. The lowest BCUT2D eigenvalue weighted by molar-refractivity contribution is -0.117. The highest BCUT2D eigenvalue weighted by molar-refractivity contribution is 5.93. The van der Waals surface area contributed by atoms with Crippen LogP contribution in [-0.4, -0.2) is 48.6 Å². The Hall–Kier alpha value is -2.53. The molecule has 0 unspecified atom stereocenters. The van der Waals surface area contributed by atoms with Gasteiger partial charge in [-0.05, 0) is 36.1 Å². The Labute approximate surface area is 161 Å². The Morgan fingerprint density at radius 1 is 0.963 bits per heavy atom. The molecule has 1 heterocycles. The van der Waals surface area contributed by atoms with E-state index in [-0.39, 0.29) is 5.91 Å². The van der Waals surface area contributed by atoms with Crippen LogP contribution in [0.5, 0.6) is 5.75 Å². The molecule has 0 radical (unpaired) electrons. The van der Waals surface area contributed by atoms with Crippen LogP contribution in [0.1, 0.15) is 25.0 Å². The van der Waals surface area contributed by atoms with Crippen LogP contribution in [0.25, 0.3) is 0 Å². The van der Waals surface area contributed by atoms with Gasteiger partial charge in [0.05, 0.1) is 12.2 Å². The van der Waals surface area contributed by atoms with Crippen LogP contribution < -0.4 is 10.2 Å². The fourth-order valence-corrected chi connectivity index (χ4v) is 3.66. The van der Waals surface area contributed by atoms with Crippen molar-refractivity contribution < 1.29 is 9.90 Å². The number of nitrogens with zero attached hydrogens (tertiary/aromatic N) is 2. The number of rotatable bonds is 6. The Morgan fingerprint density at radius 2 is 1.59 bits per heavy atom. The lowest BCUT2D eigenvalue weighted by atomic mass is 10.0. The average Bonchev–Trinajstić information content (AvgIpc) is 2.69. The maximum Gasteiger partial charge on any atom is 0.238 e. The first kappa shape index (κ1) is 19.2. The molecule has 27 heavy (non-hydrogen) atoms. The summed E-state index contributed by atoms with van der Waals surface area (Å²) in [6, 6.07) is 13.6. The van der Waals surface area contributed by atoms with E-state index >= 15 is 0 Å². The largest absolute Gasteiger partial charge is 0.506 e. The molecule has 1 aliphatic rings. The molecule has 0 bridgehead atoms. The summed E-state index contributed by atoms with van der Waals surface area (Å²) in [5, 5.41) is 13.2. The third-order valence-corrected chi connectivity index (χ3v) is 5.23. The average molecular weight is 367 g/mol. The number of hydrogen-bond acceptors (Lipinski definition) is 4. The SMILES string of the molecule is CCc1cccc(CC)c1NC(=O)CN1CCN(c2ccccc2O)CC1. The monoisotopic (exact) mass is 367 g/mol. The molecule has 2 N–H and O–H groups in total. The maximum absolute atomic E-state index is 12.6. The predicted octanol–water partition coefficient (Wildman–Crippen LogP) is 3.28. The number of anilines is 2. The van der Waals surface area contributed by atoms with Crippen molar-refractivity contribution in [2.45, 2.75) is 26.7 Å². The zero-order valence-electron chi connectivity index (χ0n) is 16.2. The normalized spacial score (nSPS) is 15.0. The Kier molecular flexibility index (Phi) is 6.35. The number of para-hydroxylation sites is 3. The standard InChI is InChI=1S/C22H29N3O2/c1-3-17-8-7-9-18(4-2)22(17)23-21(27)16-24-12-14-25(15-13-24)19-10-5-6-11-20(19)26/h5-11,26H,3-4,12-16H2,1-2H3,(H,23,27). The molecule has 0 atom stereocenters. The number of phenols is 1. The number of carbonyl (C=O) groups excluding carboxylic acids is 1. The summed E-state index contributed by atoms with van der Waals surface area (Å²) in [4.78, 5) is 17.0. The van der Waals surface area contributed by atoms with Crippen molar-refractivity contribution in [1.82, 2.24) is 4.90 Å². The highest BCUT2D eigenvalue weighted by Gasteiger charge is 2.21. The van der Waals surface area contributed by atoms with E-state index in [4.69, 9.17) is 0 Å². The number of amides is 1. The van der Waals surface area contributed by atoms with Crippen molar-refractivity contribution in [1.29, 1.82) is 0 Å². The van der Waals surface area contributed by atoms with E-state index in [0.29, 0.717) is 12.3 Å². The zero-order valence-corrected chi connectivity index (χ0v) is 16.2. The van der Waals surface area contributed by atoms with E-state index in [1.165, 1.54) is 11.1 Å². The van der Waals surface area contributed by atoms with E-state index in [1.807, 2.05) is 18.2 Å². The first-order valence-electron chi connectivity index (χ1n) is 9.78. The fraction of sp³-hybridized carbons (Fsp3) is 0.409. The van der Waals surface area contributed by atoms with E-state index in [9.17, 15) is 9.90 Å². The smallest absolute Gasteiger partial charge is 0.238 e. The molecule has 2 aromatic rings. The molecule has 0 saturated carbocycles. The highest BCUT2D eigenvalue weighted by atomic mass is 16.3. The number of hydrogen-bond donors (Lipinski definition) is 2. The van der Waals surface area contributed by atoms with Crippen molar-refractivity contribution in [2.75, 3.05) is 42.9 Å². The zero-order chi connectivity index (χ0) is 19.2. The van der Waals surface area contributed by atoms with Gasteiger partial charge in [0.2, 0.25) is 5.91 Å². The van der Waals surface area contributed by atoms with Crippen LogP contribution in [0.15, 0.2) is 42.5 Å². The summed E-state index contributed by atoms with van der Waals surface area (Å²) < 4.78 is 0. The molecule has 2 aromatic carbocycles. The van der Waals surface area contributed by atoms with Gasteiger partial charge in [-0.25, -0.2) is 0 Å². The van der Waals surface area contributed by atoms with Gasteiger partial charge in [0.25, 0.3) is 0 Å². The van der Waals surface area contributed by atoms with Gasteiger partial charge in [0.15, 0.2) is 0 Å². The van der Waals surface area contributed by atoms with Crippen molar-refractivity contribution in [2.24, 2.45) is 0 Å². The molecule has 1 aliphatic heterocycles. The third-order valence-electron chi connectivity index (χ3n) is 5.23. The minimum Gasteiger partial charge on any atom is -0.506 e. The van der Waals surface area contributed by atoms with Gasteiger partial charge in [-0.3, -0.25) is 9.69 Å². The van der Waals surface area contributed by atoms with Crippen molar-refractivity contribution in [3.05, 3.63) is 53.6 Å². The number of nitrogens with one attached hydrogen (secondary N) is 1. The summed E-state index contributed by atoms with van der Waals surface area (Å²) in [6.07, 6.45) is 1.81. The third kappa shape index (κ3) is 4.61. The van der Waals surface area contributed by atoms with E-state index in [1.54, 1.807) is 6.07 Å². The summed E-state index contributed by atoms with van der Waals surface area (Å²) in [5.41, 5.74) is 4.23. The Bertz CT molecular complexity index is 761. The quantitative estimate of drug-likeness (QED) is 0.823. The first-order chi connectivity index (χ1) is 13.1. The Morgan fingerprint density at radius 3 is 2.19 bits per heavy atom. The van der Waals surface area contributed by atoms with Gasteiger partial charge in [-0.1, -0.05) is 44.2 Å². The van der Waals surface area contributed by atoms with Gasteiger partial charge >= 0.3 is 0 Å². The molecule has 144 valence electrons. The number of carbonyl (C=O) groups is 1. The van der Waals surface area contributed by atoms with Crippen LogP contribution in [0.2, 0.25) is 0 Å². The topological polar surface area (TPSA) is 55.8 Å². The summed E-state index contributed by atoms with van der Waals surface area (Å²) >= 11 is 0. The summed E-state index contributed by atoms with van der Waals surface area (Å²) in [7, 11) is 0. The second kappa shape index (κ2) is 8.91. The van der Waals surface area contributed by atoms with Crippen molar-refractivity contribution >= 4 is 17.3 Å². The van der Waals surface area contributed by atoms with Crippen molar-refractivity contribution in [3.63, 3.8) is 0 Å². The molecule has 1 fully saturated rings. The maximum atomic E-state index is 12.6. The van der Waals surface area contributed by atoms with E-state index in [2.05, 4.69) is 47.2 Å². The molecule has 3 rings (SSSR count). The van der Waals surface area contributed by atoms with Gasteiger partial charge < -0.3 is 15.3 Å². The lowest BCUT2D eigenvalue weighted by Crippen LogP contribution is -2.48. The molecule has 0 aromatic heterocycles. The minimum absolute atomic E-state index is 0.0432. The van der Waals surface area contributed by atoms with Crippen LogP contribution in [0.4, 0.5) is 11.4 Å². The molecular weight excluding hydrogens is 338 g/mol. The van der Waals surface area contributed by atoms with Gasteiger partial charge in [0, 0.05) is 31.9 Å². The fourth-order valence-electron chi connectivity index (χ4n) is 3.66. The number of phenolic OH excluding ortho intramolecular Hbond substituents is 1. The number of benzene rings is 2. The molecule has 0 spiro atoms. The second-order valence-electron chi connectivity index (χ2n) is 6.96. The van der Waals surface area contributed by atoms with E-state index in [0.717, 1.165) is 50.4 Å². The van der Waals surface area contributed by atoms with Gasteiger partial charge in [-0.2, -0.15) is 0 Å². The first-order valence-corrected chi connectivity index (χ1v) is 9.78. The second-order valence-corrected chi connectivity index (χ2v) is 6.96. The minimum atomic E-state index is 0.0432. The van der Waals surface area contributed by atoms with Gasteiger partial charge in [0.1, 0.15) is 5.75 Å². The highest BCUT2D eigenvalue weighted by Crippen LogP contribution is 2.27. The van der Waals surface area contributed by atoms with Crippen LogP contribution >= 0.6 is 0 Å². The van der Waals surface area contributed by atoms with Crippen LogP contribution in [-0.2, 0) is 17.6 Å². The van der Waals surface area contributed by atoms with Gasteiger partial charge in [-0.15, -0.1) is 0 Å². The Balaban J connectivity index is 1.57. The number of aromatic hydroxyl groups is 1. The molecule has 0 aliphatic carbocycles.